The van der Waals surface area contributed by atoms with Gasteiger partial charge in [-0.2, -0.15) is 0 Å². The fourth-order valence-electron chi connectivity index (χ4n) is 1.96. The molecule has 0 fully saturated rings. The van der Waals surface area contributed by atoms with Crippen molar-refractivity contribution in [2.75, 3.05) is 0 Å². The lowest BCUT2D eigenvalue weighted by atomic mass is 9.64. The predicted octanol–water partition coefficient (Wildman–Crippen LogP) is 3.61. The summed E-state index contributed by atoms with van der Waals surface area (Å²) >= 11 is 0. The Morgan fingerprint density at radius 3 is 1.69 bits per heavy atom. The van der Waals surface area contributed by atoms with E-state index in [-0.39, 0.29) is 5.41 Å². The molecule has 1 nitrogen and oxygen atoms in total. The van der Waals surface area contributed by atoms with Gasteiger partial charge in [0.15, 0.2) is 0 Å². The molecule has 0 aromatic rings. The molecular weight excluding hydrogens is 160 g/mol. The minimum atomic E-state index is -0.536. The zero-order valence-electron chi connectivity index (χ0n) is 10.1. The van der Waals surface area contributed by atoms with Crippen LogP contribution in [-0.2, 0) is 0 Å². The van der Waals surface area contributed by atoms with E-state index in [1.165, 1.54) is 0 Å². The minimum Gasteiger partial charge on any atom is -0.389 e. The highest BCUT2D eigenvalue weighted by Gasteiger charge is 2.43. The Morgan fingerprint density at radius 1 is 1.08 bits per heavy atom. The predicted molar refractivity (Wildman–Crippen MR) is 58.8 cm³/mol. The second-order valence-electron chi connectivity index (χ2n) is 4.72. The van der Waals surface area contributed by atoms with Crippen molar-refractivity contribution in [3.63, 3.8) is 0 Å². The molecule has 1 heteroatoms. The van der Waals surface area contributed by atoms with Crippen LogP contribution in [0.4, 0.5) is 0 Å². The molecule has 0 saturated carbocycles. The van der Waals surface area contributed by atoms with E-state index in [1.54, 1.807) is 0 Å². The largest absolute Gasteiger partial charge is 0.389 e. The Balaban J connectivity index is 4.76. The maximum Gasteiger partial charge on any atom is 0.0698 e. The maximum atomic E-state index is 10.5. The van der Waals surface area contributed by atoms with Gasteiger partial charge in [0.25, 0.3) is 0 Å². The van der Waals surface area contributed by atoms with Gasteiger partial charge in [0.05, 0.1) is 5.60 Å². The smallest absolute Gasteiger partial charge is 0.0698 e. The van der Waals surface area contributed by atoms with Crippen LogP contribution in [0.2, 0.25) is 0 Å². The highest BCUT2D eigenvalue weighted by atomic mass is 16.3. The highest BCUT2D eigenvalue weighted by molar-refractivity contribution is 4.94. The Bertz CT molecular complexity index is 145. The Kier molecular flexibility index (Phi) is 4.44. The summed E-state index contributed by atoms with van der Waals surface area (Å²) in [4.78, 5) is 0. The van der Waals surface area contributed by atoms with Crippen molar-refractivity contribution in [3.8, 4) is 0 Å². The van der Waals surface area contributed by atoms with Gasteiger partial charge in [-0.15, -0.1) is 0 Å². The summed E-state index contributed by atoms with van der Waals surface area (Å²) in [6.07, 6.45) is 3.13. The third-order valence-corrected chi connectivity index (χ3v) is 4.35. The number of rotatable bonds is 5. The summed E-state index contributed by atoms with van der Waals surface area (Å²) in [6, 6.07) is 0. The average Bonchev–Trinajstić information content (AvgIpc) is 2.14. The van der Waals surface area contributed by atoms with Crippen LogP contribution in [0.15, 0.2) is 0 Å². The number of hydrogen-bond acceptors (Lipinski definition) is 1. The highest BCUT2D eigenvalue weighted by Crippen LogP contribution is 2.43. The quantitative estimate of drug-likeness (QED) is 0.695. The molecular formula is C12H26O. The Hall–Kier alpha value is -0.0400. The summed E-state index contributed by atoms with van der Waals surface area (Å²) in [5.41, 5.74) is -0.478. The molecule has 0 amide bonds. The van der Waals surface area contributed by atoms with Crippen LogP contribution in [0.1, 0.15) is 60.8 Å². The van der Waals surface area contributed by atoms with E-state index in [4.69, 9.17) is 0 Å². The zero-order chi connectivity index (χ0) is 10.7. The minimum absolute atomic E-state index is 0.0580. The molecule has 0 aliphatic heterocycles. The van der Waals surface area contributed by atoms with E-state index < -0.39 is 5.60 Å². The van der Waals surface area contributed by atoms with Crippen molar-refractivity contribution in [1.82, 2.24) is 0 Å². The number of hydrogen-bond donors (Lipinski definition) is 1. The Morgan fingerprint density at radius 2 is 1.46 bits per heavy atom. The van der Waals surface area contributed by atoms with Gasteiger partial charge in [0.2, 0.25) is 0 Å². The van der Waals surface area contributed by atoms with Crippen LogP contribution >= 0.6 is 0 Å². The van der Waals surface area contributed by atoms with E-state index in [0.717, 1.165) is 19.3 Å². The molecule has 0 aliphatic carbocycles. The van der Waals surface area contributed by atoms with Crippen LogP contribution in [-0.4, -0.2) is 10.7 Å². The summed E-state index contributed by atoms with van der Waals surface area (Å²) in [5, 5.41) is 10.5. The van der Waals surface area contributed by atoms with Crippen LogP contribution < -0.4 is 0 Å². The molecule has 80 valence electrons. The first-order valence-corrected chi connectivity index (χ1v) is 5.58. The summed E-state index contributed by atoms with van der Waals surface area (Å²) in [7, 11) is 0. The molecule has 0 aliphatic rings. The van der Waals surface area contributed by atoms with Gasteiger partial charge in [-0.3, -0.25) is 0 Å². The van der Waals surface area contributed by atoms with Crippen LogP contribution in [0.5, 0.6) is 0 Å². The van der Waals surface area contributed by atoms with Gasteiger partial charge in [-0.25, -0.2) is 0 Å². The van der Waals surface area contributed by atoms with E-state index in [0.29, 0.717) is 5.92 Å². The van der Waals surface area contributed by atoms with Crippen molar-refractivity contribution < 1.29 is 5.11 Å². The van der Waals surface area contributed by atoms with Gasteiger partial charge in [0.1, 0.15) is 0 Å². The van der Waals surface area contributed by atoms with E-state index in [9.17, 15) is 5.11 Å². The Labute approximate surface area is 83.5 Å². The SMILES string of the molecule is CCC(C)C(C)(O)C(C)(CC)CC. The maximum absolute atomic E-state index is 10.5. The van der Waals surface area contributed by atoms with Crippen molar-refractivity contribution in [1.29, 1.82) is 0 Å². The fourth-order valence-corrected chi connectivity index (χ4v) is 1.96. The fraction of sp³-hybridized carbons (Fsp3) is 1.00. The van der Waals surface area contributed by atoms with Crippen molar-refractivity contribution in [2.24, 2.45) is 11.3 Å². The standard InChI is InChI=1S/C12H26O/c1-7-10(4)12(6,13)11(5,8-2)9-3/h10,13H,7-9H2,1-6H3. The topological polar surface area (TPSA) is 20.2 Å². The van der Waals surface area contributed by atoms with E-state index in [2.05, 4.69) is 34.6 Å². The van der Waals surface area contributed by atoms with E-state index in [1.807, 2.05) is 6.92 Å². The molecule has 0 rings (SSSR count). The van der Waals surface area contributed by atoms with Crippen molar-refractivity contribution >= 4 is 0 Å². The third kappa shape index (κ3) is 2.25. The average molecular weight is 186 g/mol. The lowest BCUT2D eigenvalue weighted by Crippen LogP contribution is -2.48. The van der Waals surface area contributed by atoms with Gasteiger partial charge >= 0.3 is 0 Å². The van der Waals surface area contributed by atoms with E-state index >= 15 is 0 Å². The summed E-state index contributed by atoms with van der Waals surface area (Å²) in [6.45, 7) is 12.8. The van der Waals surface area contributed by atoms with Gasteiger partial charge in [-0.1, -0.05) is 41.0 Å². The normalized spacial score (nSPS) is 19.6. The van der Waals surface area contributed by atoms with Crippen LogP contribution in [0, 0.1) is 11.3 Å². The van der Waals surface area contributed by atoms with Crippen LogP contribution in [0.3, 0.4) is 0 Å². The molecule has 0 bridgehead atoms. The van der Waals surface area contributed by atoms with Crippen LogP contribution in [0.25, 0.3) is 0 Å². The lowest BCUT2D eigenvalue weighted by Gasteiger charge is -2.45. The van der Waals surface area contributed by atoms with Gasteiger partial charge in [-0.05, 0) is 31.1 Å². The lowest BCUT2D eigenvalue weighted by molar-refractivity contribution is -0.106. The first-order valence-electron chi connectivity index (χ1n) is 5.58. The molecule has 0 saturated heterocycles. The first kappa shape index (κ1) is 13.0. The monoisotopic (exact) mass is 186 g/mol. The molecule has 0 spiro atoms. The third-order valence-electron chi connectivity index (χ3n) is 4.35. The molecule has 0 heterocycles. The first-order chi connectivity index (χ1) is 5.85. The molecule has 13 heavy (non-hydrogen) atoms. The summed E-state index contributed by atoms with van der Waals surface area (Å²) < 4.78 is 0. The summed E-state index contributed by atoms with van der Waals surface area (Å²) in [5.74, 6) is 0.373. The number of aliphatic hydroxyl groups is 1. The zero-order valence-corrected chi connectivity index (χ0v) is 10.1. The molecule has 0 aromatic heterocycles. The molecule has 2 unspecified atom stereocenters. The van der Waals surface area contributed by atoms with Crippen molar-refractivity contribution in [3.05, 3.63) is 0 Å². The van der Waals surface area contributed by atoms with Crippen molar-refractivity contribution in [2.45, 2.75) is 66.4 Å². The second-order valence-corrected chi connectivity index (χ2v) is 4.72. The molecule has 2 atom stereocenters. The molecule has 1 N–H and O–H groups in total. The second kappa shape index (κ2) is 4.45. The molecule has 0 aromatic carbocycles. The van der Waals surface area contributed by atoms with Gasteiger partial charge in [0, 0.05) is 0 Å². The van der Waals surface area contributed by atoms with Gasteiger partial charge < -0.3 is 5.11 Å². The molecule has 0 radical (unpaired) electrons.